The Kier molecular flexibility index (Phi) is 2.91. The number of carbonyl (C=O) groups is 1. The van der Waals surface area contributed by atoms with Crippen LogP contribution in [0.5, 0.6) is 0 Å². The van der Waals surface area contributed by atoms with Crippen LogP contribution in [0.2, 0.25) is 0 Å². The first-order valence-corrected chi connectivity index (χ1v) is 5.73. The van der Waals surface area contributed by atoms with E-state index in [0.717, 1.165) is 0 Å². The third-order valence-electron chi connectivity index (χ3n) is 3.32. The first-order chi connectivity index (χ1) is 7.95. The summed E-state index contributed by atoms with van der Waals surface area (Å²) in [5.41, 5.74) is 0.203. The maximum Gasteiger partial charge on any atom is 0.254 e. The summed E-state index contributed by atoms with van der Waals surface area (Å²) in [6.45, 7) is 4.24. The number of nitrogens with zero attached hydrogens (tertiary/aromatic N) is 1. The Morgan fingerprint density at radius 2 is 2.18 bits per heavy atom. The predicted octanol–water partition coefficient (Wildman–Crippen LogP) is 1.73. The smallest absolute Gasteiger partial charge is 0.254 e. The molecule has 17 heavy (non-hydrogen) atoms. The summed E-state index contributed by atoms with van der Waals surface area (Å²) in [6.07, 6.45) is 0.638. The van der Waals surface area contributed by atoms with Crippen LogP contribution in [0.4, 0.5) is 4.39 Å². The van der Waals surface area contributed by atoms with E-state index in [2.05, 4.69) is 0 Å². The third kappa shape index (κ3) is 2.17. The molecule has 0 radical (unpaired) electrons. The van der Waals surface area contributed by atoms with Crippen molar-refractivity contribution in [3.8, 4) is 0 Å². The first kappa shape index (κ1) is 12.0. The van der Waals surface area contributed by atoms with Crippen molar-refractivity contribution in [3.63, 3.8) is 0 Å². The molecule has 0 bridgehead atoms. The molecule has 1 aliphatic heterocycles. The van der Waals surface area contributed by atoms with E-state index in [1.807, 2.05) is 6.92 Å². The molecule has 1 saturated heterocycles. The van der Waals surface area contributed by atoms with E-state index in [4.69, 9.17) is 0 Å². The Labute approximate surface area is 99.9 Å². The van der Waals surface area contributed by atoms with Gasteiger partial charge in [-0.3, -0.25) is 4.79 Å². The van der Waals surface area contributed by atoms with E-state index in [9.17, 15) is 14.3 Å². The summed E-state index contributed by atoms with van der Waals surface area (Å²) in [4.78, 5) is 13.6. The van der Waals surface area contributed by atoms with Crippen LogP contribution in [0, 0.1) is 12.7 Å². The molecular formula is C13H16FNO2. The molecule has 1 aromatic rings. The van der Waals surface area contributed by atoms with E-state index in [0.29, 0.717) is 30.6 Å². The number of amides is 1. The van der Waals surface area contributed by atoms with Gasteiger partial charge in [0.15, 0.2) is 0 Å². The van der Waals surface area contributed by atoms with E-state index in [-0.39, 0.29) is 11.7 Å². The van der Waals surface area contributed by atoms with Gasteiger partial charge in [0.05, 0.1) is 18.7 Å². The molecule has 1 heterocycles. The van der Waals surface area contributed by atoms with Gasteiger partial charge >= 0.3 is 0 Å². The Hall–Kier alpha value is -1.42. The van der Waals surface area contributed by atoms with Gasteiger partial charge in [-0.05, 0) is 37.1 Å². The fourth-order valence-corrected chi connectivity index (χ4v) is 1.99. The van der Waals surface area contributed by atoms with Crippen molar-refractivity contribution in [2.24, 2.45) is 0 Å². The lowest BCUT2D eigenvalue weighted by Gasteiger charge is -2.46. The molecule has 0 spiro atoms. The number of carbonyl (C=O) groups excluding carboxylic acids is 1. The zero-order valence-electron chi connectivity index (χ0n) is 10.0. The minimum Gasteiger partial charge on any atom is -0.386 e. The minimum atomic E-state index is -0.731. The van der Waals surface area contributed by atoms with Gasteiger partial charge < -0.3 is 10.0 Å². The predicted molar refractivity (Wildman–Crippen MR) is 62.3 cm³/mol. The zero-order valence-corrected chi connectivity index (χ0v) is 10.0. The number of benzene rings is 1. The lowest BCUT2D eigenvalue weighted by Crippen LogP contribution is -2.63. The highest BCUT2D eigenvalue weighted by atomic mass is 19.1. The molecular weight excluding hydrogens is 221 g/mol. The quantitative estimate of drug-likeness (QED) is 0.851. The Balaban J connectivity index is 2.09. The van der Waals surface area contributed by atoms with E-state index in [1.165, 1.54) is 12.1 Å². The van der Waals surface area contributed by atoms with Crippen LogP contribution < -0.4 is 0 Å². The van der Waals surface area contributed by atoms with Crippen LogP contribution in [0.3, 0.4) is 0 Å². The Morgan fingerprint density at radius 1 is 1.53 bits per heavy atom. The highest BCUT2D eigenvalue weighted by Crippen LogP contribution is 2.26. The van der Waals surface area contributed by atoms with Crippen molar-refractivity contribution in [3.05, 3.63) is 35.1 Å². The van der Waals surface area contributed by atoms with Crippen molar-refractivity contribution >= 4 is 5.91 Å². The molecule has 1 aliphatic rings. The van der Waals surface area contributed by atoms with Crippen molar-refractivity contribution in [2.75, 3.05) is 13.1 Å². The van der Waals surface area contributed by atoms with Crippen molar-refractivity contribution in [1.82, 2.24) is 4.90 Å². The van der Waals surface area contributed by atoms with Crippen LogP contribution in [0.1, 0.15) is 29.3 Å². The van der Waals surface area contributed by atoms with Crippen LogP contribution >= 0.6 is 0 Å². The molecule has 0 unspecified atom stereocenters. The number of hydrogen-bond acceptors (Lipinski definition) is 2. The molecule has 2 rings (SSSR count). The molecule has 1 amide bonds. The molecule has 1 aromatic carbocycles. The molecule has 3 nitrogen and oxygen atoms in total. The number of halogens is 1. The van der Waals surface area contributed by atoms with Gasteiger partial charge in [-0.1, -0.05) is 6.92 Å². The summed E-state index contributed by atoms with van der Waals surface area (Å²) < 4.78 is 13.1. The standard InChI is InChI=1S/C13H16FNO2/c1-3-13(17)7-15(8-13)12(16)10-4-5-11(14)9(2)6-10/h4-6,17H,3,7-8H2,1-2H3. The van der Waals surface area contributed by atoms with Gasteiger partial charge in [0.2, 0.25) is 0 Å². The molecule has 0 atom stereocenters. The maximum absolute atomic E-state index is 13.1. The molecule has 1 fully saturated rings. The molecule has 0 aliphatic carbocycles. The number of aryl methyl sites for hydroxylation is 1. The highest BCUT2D eigenvalue weighted by molar-refractivity contribution is 5.95. The van der Waals surface area contributed by atoms with Gasteiger partial charge in [0.1, 0.15) is 5.82 Å². The SMILES string of the molecule is CCC1(O)CN(C(=O)c2ccc(F)c(C)c2)C1. The monoisotopic (exact) mass is 237 g/mol. The number of β-amino-alcohol motifs (C(OH)–C–C–N with tert-alkyl or cyclic N) is 1. The van der Waals surface area contributed by atoms with E-state index < -0.39 is 5.60 Å². The molecule has 0 saturated carbocycles. The lowest BCUT2D eigenvalue weighted by atomic mass is 9.90. The Morgan fingerprint density at radius 3 is 2.71 bits per heavy atom. The topological polar surface area (TPSA) is 40.5 Å². The highest BCUT2D eigenvalue weighted by Gasteiger charge is 2.42. The fourth-order valence-electron chi connectivity index (χ4n) is 1.99. The van der Waals surface area contributed by atoms with Crippen molar-refractivity contribution in [1.29, 1.82) is 0 Å². The normalized spacial score (nSPS) is 17.8. The first-order valence-electron chi connectivity index (χ1n) is 5.73. The number of aliphatic hydroxyl groups is 1. The average Bonchev–Trinajstić information content (AvgIpc) is 2.27. The van der Waals surface area contributed by atoms with E-state index in [1.54, 1.807) is 17.9 Å². The Bertz CT molecular complexity index is 453. The largest absolute Gasteiger partial charge is 0.386 e. The van der Waals surface area contributed by atoms with Gasteiger partial charge in [-0.25, -0.2) is 4.39 Å². The second kappa shape index (κ2) is 4.11. The maximum atomic E-state index is 13.1. The van der Waals surface area contributed by atoms with Crippen molar-refractivity contribution in [2.45, 2.75) is 25.9 Å². The molecule has 4 heteroatoms. The summed E-state index contributed by atoms with van der Waals surface area (Å²) in [7, 11) is 0. The van der Waals surface area contributed by atoms with Crippen LogP contribution in [-0.2, 0) is 0 Å². The zero-order chi connectivity index (χ0) is 12.6. The fraction of sp³-hybridized carbons (Fsp3) is 0.462. The van der Waals surface area contributed by atoms with Gasteiger partial charge in [0.25, 0.3) is 5.91 Å². The summed E-state index contributed by atoms with van der Waals surface area (Å²) in [5, 5.41) is 9.83. The van der Waals surface area contributed by atoms with E-state index >= 15 is 0 Å². The molecule has 92 valence electrons. The van der Waals surface area contributed by atoms with Gasteiger partial charge in [-0.2, -0.15) is 0 Å². The second-order valence-corrected chi connectivity index (χ2v) is 4.70. The average molecular weight is 237 g/mol. The molecule has 0 aromatic heterocycles. The number of rotatable bonds is 2. The second-order valence-electron chi connectivity index (χ2n) is 4.70. The van der Waals surface area contributed by atoms with Crippen LogP contribution in [0.15, 0.2) is 18.2 Å². The number of likely N-dealkylation sites (tertiary alicyclic amines) is 1. The van der Waals surface area contributed by atoms with Crippen LogP contribution in [-0.4, -0.2) is 34.6 Å². The van der Waals surface area contributed by atoms with Crippen molar-refractivity contribution < 1.29 is 14.3 Å². The van der Waals surface area contributed by atoms with Gasteiger partial charge in [0, 0.05) is 5.56 Å². The van der Waals surface area contributed by atoms with Crippen LogP contribution in [0.25, 0.3) is 0 Å². The summed E-state index contributed by atoms with van der Waals surface area (Å²) >= 11 is 0. The van der Waals surface area contributed by atoms with Gasteiger partial charge in [-0.15, -0.1) is 0 Å². The number of hydrogen-bond donors (Lipinski definition) is 1. The summed E-state index contributed by atoms with van der Waals surface area (Å²) in [5.74, 6) is -0.457. The summed E-state index contributed by atoms with van der Waals surface area (Å²) in [6, 6.07) is 4.32. The minimum absolute atomic E-state index is 0.147. The third-order valence-corrected chi connectivity index (χ3v) is 3.32. The lowest BCUT2D eigenvalue weighted by molar-refractivity contribution is -0.0826. The molecule has 1 N–H and O–H groups in total.